The lowest BCUT2D eigenvalue weighted by atomic mass is 10.2. The van der Waals surface area contributed by atoms with Crippen molar-refractivity contribution in [2.45, 2.75) is 19.5 Å². The predicted octanol–water partition coefficient (Wildman–Crippen LogP) is 1.95. The van der Waals surface area contributed by atoms with Crippen LogP contribution in [0.15, 0.2) is 30.3 Å². The summed E-state index contributed by atoms with van der Waals surface area (Å²) in [7, 11) is 0. The molecule has 3 nitrogen and oxygen atoms in total. The summed E-state index contributed by atoms with van der Waals surface area (Å²) in [6.07, 6.45) is -4.01. The molecule has 1 aromatic carbocycles. The van der Waals surface area contributed by atoms with Gasteiger partial charge in [-0.1, -0.05) is 30.3 Å². The molecule has 0 aliphatic rings. The number of rotatable bonds is 5. The molecule has 0 spiro atoms. The molecule has 16 heavy (non-hydrogen) atoms. The summed E-state index contributed by atoms with van der Waals surface area (Å²) < 4.78 is 28.2. The molecule has 5 heteroatoms. The minimum Gasteiger partial charge on any atom is -0.460 e. The molecule has 0 aromatic heterocycles. The maximum absolute atomic E-state index is 11.8. The summed E-state index contributed by atoms with van der Waals surface area (Å²) in [6.45, 7) is -0.0177. The molecule has 0 atom stereocenters. The van der Waals surface area contributed by atoms with Gasteiger partial charge < -0.3 is 4.74 Å². The third-order valence-electron chi connectivity index (χ3n) is 1.80. The van der Waals surface area contributed by atoms with Crippen molar-refractivity contribution in [2.75, 3.05) is 0 Å². The Morgan fingerprint density at radius 3 is 2.38 bits per heavy atom. The Labute approximate surface area is 91.0 Å². The number of ether oxygens (including phenoxy) is 1. The van der Waals surface area contributed by atoms with E-state index in [0.717, 1.165) is 5.56 Å². The van der Waals surface area contributed by atoms with Gasteiger partial charge in [-0.3, -0.25) is 9.59 Å². The molecule has 0 radical (unpaired) electrons. The van der Waals surface area contributed by atoms with E-state index >= 15 is 0 Å². The highest BCUT2D eigenvalue weighted by atomic mass is 19.3. The first kappa shape index (κ1) is 12.3. The van der Waals surface area contributed by atoms with E-state index in [1.54, 1.807) is 30.3 Å². The second-order valence-corrected chi connectivity index (χ2v) is 3.09. The van der Waals surface area contributed by atoms with Crippen molar-refractivity contribution in [3.8, 4) is 0 Å². The first-order chi connectivity index (χ1) is 7.59. The van der Waals surface area contributed by atoms with Crippen LogP contribution in [0, 0.1) is 0 Å². The van der Waals surface area contributed by atoms with Gasteiger partial charge in [-0.15, -0.1) is 0 Å². The Morgan fingerprint density at radius 2 is 1.81 bits per heavy atom. The number of halogens is 2. The standard InChI is InChI=1S/C11H10F2O3/c12-11(13)9(14)6-10(15)16-7-8-4-2-1-3-5-8/h1-5,11H,6-7H2. The molecule has 0 heterocycles. The lowest BCUT2D eigenvalue weighted by Crippen LogP contribution is -2.17. The van der Waals surface area contributed by atoms with Crippen molar-refractivity contribution in [1.82, 2.24) is 0 Å². The van der Waals surface area contributed by atoms with Gasteiger partial charge in [0.1, 0.15) is 13.0 Å². The first-order valence-electron chi connectivity index (χ1n) is 4.60. The number of benzene rings is 1. The summed E-state index contributed by atoms with van der Waals surface area (Å²) in [5.74, 6) is -2.35. The molecule has 0 saturated heterocycles. The molecule has 0 aliphatic heterocycles. The van der Waals surface area contributed by atoms with E-state index < -0.39 is 24.6 Å². The monoisotopic (exact) mass is 228 g/mol. The van der Waals surface area contributed by atoms with E-state index in [4.69, 9.17) is 0 Å². The molecule has 0 fully saturated rings. The van der Waals surface area contributed by atoms with Gasteiger partial charge >= 0.3 is 5.97 Å². The molecule has 0 saturated carbocycles. The topological polar surface area (TPSA) is 43.4 Å². The zero-order valence-corrected chi connectivity index (χ0v) is 8.36. The third kappa shape index (κ3) is 4.16. The summed E-state index contributed by atoms with van der Waals surface area (Å²) >= 11 is 0. The lowest BCUT2D eigenvalue weighted by Gasteiger charge is -2.03. The van der Waals surface area contributed by atoms with Crippen LogP contribution in [0.3, 0.4) is 0 Å². The largest absolute Gasteiger partial charge is 0.460 e. The fourth-order valence-electron chi connectivity index (χ4n) is 1.01. The average Bonchev–Trinajstić information content (AvgIpc) is 2.27. The van der Waals surface area contributed by atoms with Crippen molar-refractivity contribution in [1.29, 1.82) is 0 Å². The number of hydrogen-bond donors (Lipinski definition) is 0. The zero-order valence-electron chi connectivity index (χ0n) is 8.36. The highest BCUT2D eigenvalue weighted by molar-refractivity contribution is 5.97. The van der Waals surface area contributed by atoms with Crippen LogP contribution in [-0.2, 0) is 20.9 Å². The maximum atomic E-state index is 11.8. The van der Waals surface area contributed by atoms with Crippen molar-refractivity contribution < 1.29 is 23.1 Å². The molecule has 1 rings (SSSR count). The van der Waals surface area contributed by atoms with Crippen LogP contribution in [0.25, 0.3) is 0 Å². The van der Waals surface area contributed by atoms with Gasteiger partial charge in [-0.05, 0) is 5.56 Å². The van der Waals surface area contributed by atoms with E-state index in [1.807, 2.05) is 0 Å². The number of alkyl halides is 2. The molecule has 86 valence electrons. The van der Waals surface area contributed by atoms with Crippen LogP contribution in [-0.4, -0.2) is 18.2 Å². The Balaban J connectivity index is 2.34. The quantitative estimate of drug-likeness (QED) is 0.571. The zero-order chi connectivity index (χ0) is 12.0. The van der Waals surface area contributed by atoms with Gasteiger partial charge in [0.15, 0.2) is 0 Å². The molecule has 0 bridgehead atoms. The van der Waals surface area contributed by atoms with E-state index in [9.17, 15) is 18.4 Å². The van der Waals surface area contributed by atoms with Crippen LogP contribution in [0.5, 0.6) is 0 Å². The Morgan fingerprint density at radius 1 is 1.19 bits per heavy atom. The molecule has 0 aliphatic carbocycles. The third-order valence-corrected chi connectivity index (χ3v) is 1.80. The second kappa shape index (κ2) is 5.95. The molecule has 0 amide bonds. The molecule has 1 aromatic rings. The summed E-state index contributed by atoms with van der Waals surface area (Å²) in [5.41, 5.74) is 0.736. The van der Waals surface area contributed by atoms with Gasteiger partial charge in [-0.25, -0.2) is 8.78 Å². The number of carbonyl (C=O) groups excluding carboxylic acids is 2. The van der Waals surface area contributed by atoms with Gasteiger partial charge in [-0.2, -0.15) is 0 Å². The number of ketones is 1. The molecular formula is C11H10F2O3. The van der Waals surface area contributed by atoms with Crippen molar-refractivity contribution in [3.05, 3.63) is 35.9 Å². The van der Waals surface area contributed by atoms with Crippen molar-refractivity contribution in [2.24, 2.45) is 0 Å². The van der Waals surface area contributed by atoms with Crippen LogP contribution in [0.2, 0.25) is 0 Å². The predicted molar refractivity (Wildman–Crippen MR) is 51.9 cm³/mol. The van der Waals surface area contributed by atoms with Gasteiger partial charge in [0.25, 0.3) is 6.43 Å². The van der Waals surface area contributed by atoms with E-state index in [-0.39, 0.29) is 6.61 Å². The Hall–Kier alpha value is -1.78. The Bertz CT molecular complexity index is 363. The lowest BCUT2D eigenvalue weighted by molar-refractivity contribution is -0.149. The minimum atomic E-state index is -3.12. The SMILES string of the molecule is O=C(CC(=O)C(F)F)OCc1ccccc1. The Kier molecular flexibility index (Phi) is 4.57. The number of esters is 1. The van der Waals surface area contributed by atoms with Crippen LogP contribution < -0.4 is 0 Å². The fraction of sp³-hybridized carbons (Fsp3) is 0.273. The number of Topliss-reactive ketones (excluding diaryl/α,β-unsaturated/α-hetero) is 1. The highest BCUT2D eigenvalue weighted by Gasteiger charge is 2.19. The summed E-state index contributed by atoms with van der Waals surface area (Å²) in [4.78, 5) is 21.5. The van der Waals surface area contributed by atoms with Crippen molar-refractivity contribution in [3.63, 3.8) is 0 Å². The molecule has 0 unspecified atom stereocenters. The van der Waals surface area contributed by atoms with Crippen LogP contribution >= 0.6 is 0 Å². The number of carbonyl (C=O) groups is 2. The minimum absolute atomic E-state index is 0.0177. The summed E-state index contributed by atoms with van der Waals surface area (Å²) in [5, 5.41) is 0. The van der Waals surface area contributed by atoms with E-state index in [2.05, 4.69) is 4.74 Å². The van der Waals surface area contributed by atoms with Gasteiger partial charge in [0.05, 0.1) is 0 Å². The van der Waals surface area contributed by atoms with E-state index in [1.165, 1.54) is 0 Å². The molecule has 0 N–H and O–H groups in total. The van der Waals surface area contributed by atoms with Crippen LogP contribution in [0.4, 0.5) is 8.78 Å². The summed E-state index contributed by atoms with van der Waals surface area (Å²) in [6, 6.07) is 8.76. The average molecular weight is 228 g/mol. The second-order valence-electron chi connectivity index (χ2n) is 3.09. The smallest absolute Gasteiger partial charge is 0.313 e. The normalized spacial score (nSPS) is 10.2. The first-order valence-corrected chi connectivity index (χ1v) is 4.60. The molecular weight excluding hydrogens is 218 g/mol. The number of hydrogen-bond acceptors (Lipinski definition) is 3. The highest BCUT2D eigenvalue weighted by Crippen LogP contribution is 2.04. The van der Waals surface area contributed by atoms with Crippen LogP contribution in [0.1, 0.15) is 12.0 Å². The fourth-order valence-corrected chi connectivity index (χ4v) is 1.01. The van der Waals surface area contributed by atoms with E-state index in [0.29, 0.717) is 0 Å². The van der Waals surface area contributed by atoms with Crippen molar-refractivity contribution >= 4 is 11.8 Å². The van der Waals surface area contributed by atoms with Gasteiger partial charge in [0.2, 0.25) is 5.78 Å². The van der Waals surface area contributed by atoms with Gasteiger partial charge in [0, 0.05) is 0 Å². The maximum Gasteiger partial charge on any atom is 0.313 e.